The predicted octanol–water partition coefficient (Wildman–Crippen LogP) is 15.2. The lowest BCUT2D eigenvalue weighted by Crippen LogP contribution is -2.60. The van der Waals surface area contributed by atoms with Gasteiger partial charge in [0.15, 0.2) is 6.29 Å². The zero-order valence-corrected chi connectivity index (χ0v) is 50.2. The second kappa shape index (κ2) is 55.1. The predicted molar refractivity (Wildman–Crippen MR) is 321 cm³/mol. The summed E-state index contributed by atoms with van der Waals surface area (Å²) >= 11 is 0. The number of ether oxygens (including phenoxy) is 2. The molecule has 1 aliphatic heterocycles. The van der Waals surface area contributed by atoms with E-state index in [-0.39, 0.29) is 12.8 Å². The Balaban J connectivity index is 2.23. The van der Waals surface area contributed by atoms with Crippen molar-refractivity contribution in [2.45, 2.75) is 377 Å². The van der Waals surface area contributed by atoms with Crippen LogP contribution >= 0.6 is 0 Å². The molecule has 8 N–H and O–H groups in total. The highest BCUT2D eigenvalue weighted by molar-refractivity contribution is 5.80. The van der Waals surface area contributed by atoms with E-state index in [0.717, 1.165) is 38.5 Å². The van der Waals surface area contributed by atoms with Gasteiger partial charge >= 0.3 is 0 Å². The highest BCUT2D eigenvalue weighted by Gasteiger charge is 2.44. The fraction of sp³-hybridized carbons (Fsp3) is 0.924. The van der Waals surface area contributed by atoms with Crippen LogP contribution in [-0.4, -0.2) is 110 Å². The topological polar surface area (TPSA) is 189 Å². The van der Waals surface area contributed by atoms with Crippen LogP contribution in [0.15, 0.2) is 24.3 Å². The van der Waals surface area contributed by atoms with Crippen LogP contribution in [0.4, 0.5) is 0 Å². The van der Waals surface area contributed by atoms with Crippen molar-refractivity contribution in [3.63, 3.8) is 0 Å². The molecule has 1 aliphatic rings. The largest absolute Gasteiger partial charge is 0.394 e. The van der Waals surface area contributed by atoms with Gasteiger partial charge in [0.2, 0.25) is 5.91 Å². The van der Waals surface area contributed by atoms with Gasteiger partial charge in [-0.15, -0.1) is 0 Å². The lowest BCUT2D eigenvalue weighted by Gasteiger charge is -2.40. The lowest BCUT2D eigenvalue weighted by atomic mass is 9.98. The number of hydrogen-bond donors (Lipinski definition) is 8. The van der Waals surface area contributed by atoms with Gasteiger partial charge in [-0.25, -0.2) is 0 Å². The first-order chi connectivity index (χ1) is 37.7. The van der Waals surface area contributed by atoms with Crippen LogP contribution < -0.4 is 5.32 Å². The van der Waals surface area contributed by atoms with Gasteiger partial charge in [0.25, 0.3) is 0 Å². The summed E-state index contributed by atoms with van der Waals surface area (Å²) in [6.45, 7) is 3.49. The van der Waals surface area contributed by atoms with Crippen LogP contribution in [0.3, 0.4) is 0 Å². The maximum atomic E-state index is 13.2. The van der Waals surface area contributed by atoms with Crippen LogP contribution in [0, 0.1) is 0 Å². The smallest absolute Gasteiger partial charge is 0.249 e. The van der Waals surface area contributed by atoms with Crippen LogP contribution in [0.5, 0.6) is 0 Å². The molecular formula is C66H127NO10. The number of aliphatic hydroxyl groups excluding tert-OH is 7. The molecule has 1 fully saturated rings. The van der Waals surface area contributed by atoms with Crippen LogP contribution in [0.25, 0.3) is 0 Å². The minimum atomic E-state index is -1.67. The minimum absolute atomic E-state index is 0.249. The number of amides is 1. The number of hydrogen-bond acceptors (Lipinski definition) is 10. The fourth-order valence-corrected chi connectivity index (χ4v) is 10.9. The van der Waals surface area contributed by atoms with E-state index < -0.39 is 74.2 Å². The maximum absolute atomic E-state index is 13.2. The van der Waals surface area contributed by atoms with Gasteiger partial charge in [-0.05, 0) is 51.4 Å². The Morgan fingerprint density at radius 2 is 0.779 bits per heavy atom. The Labute approximate surface area is 474 Å². The second-order valence-corrected chi connectivity index (χ2v) is 23.5. The molecular weight excluding hydrogens is 967 g/mol. The van der Waals surface area contributed by atoms with E-state index in [1.54, 1.807) is 0 Å². The standard InChI is InChI=1S/C66H127NO10/c1-3-5-7-9-11-13-15-17-19-21-23-25-26-27-28-29-30-31-32-34-36-38-40-42-44-46-48-50-52-54-59(70)65(75)67-57(56-76-66-64(74)63(73)62(72)60(55-68)77-66)61(71)58(69)53-51-49-47-45-43-41-39-37-35-33-24-22-20-18-16-14-12-10-8-6-4-2/h37,39,45,47,57-64,66,68-74H,3-36,38,40-44,46,48-56H2,1-2H3,(H,67,75)/b39-37+,47-45+. The molecule has 0 aliphatic carbocycles. The molecule has 1 rings (SSSR count). The molecule has 0 aromatic carbocycles. The molecule has 1 heterocycles. The maximum Gasteiger partial charge on any atom is 0.249 e. The average Bonchev–Trinajstić information content (AvgIpc) is 3.43. The van der Waals surface area contributed by atoms with Crippen molar-refractivity contribution in [3.05, 3.63) is 24.3 Å². The first-order valence-electron chi connectivity index (χ1n) is 33.2. The van der Waals surface area contributed by atoms with Crippen molar-refractivity contribution < 1.29 is 50.0 Å². The third-order valence-corrected chi connectivity index (χ3v) is 16.2. The Bertz CT molecular complexity index is 1300. The van der Waals surface area contributed by atoms with Gasteiger partial charge in [-0.3, -0.25) is 4.79 Å². The Morgan fingerprint density at radius 3 is 1.16 bits per heavy atom. The first-order valence-corrected chi connectivity index (χ1v) is 33.2. The number of carbonyl (C=O) groups excluding carboxylic acids is 1. The normalized spacial score (nSPS) is 19.6. The molecule has 0 spiro atoms. The van der Waals surface area contributed by atoms with Crippen molar-refractivity contribution in [2.75, 3.05) is 13.2 Å². The molecule has 9 atom stereocenters. The van der Waals surface area contributed by atoms with E-state index in [2.05, 4.69) is 43.5 Å². The monoisotopic (exact) mass is 1090 g/mol. The SMILES string of the molecule is CCCCCCCCCCCCCC/C=C/CC/C=C/CCCC(O)C(O)C(COC1OC(CO)C(O)C(O)C1O)NC(=O)C(O)CCCCCCCCCCCCCCCCCCCCCCCCCCCCCCC. The summed E-state index contributed by atoms with van der Waals surface area (Å²) in [5.41, 5.74) is 0. The van der Waals surface area contributed by atoms with Crippen LogP contribution in [-0.2, 0) is 14.3 Å². The molecule has 11 nitrogen and oxygen atoms in total. The number of rotatable bonds is 58. The Hall–Kier alpha value is -1.41. The zero-order chi connectivity index (χ0) is 56.1. The van der Waals surface area contributed by atoms with Gasteiger partial charge in [-0.2, -0.15) is 0 Å². The minimum Gasteiger partial charge on any atom is -0.394 e. The molecule has 0 bridgehead atoms. The van der Waals surface area contributed by atoms with E-state index in [0.29, 0.717) is 19.3 Å². The van der Waals surface area contributed by atoms with Gasteiger partial charge in [-0.1, -0.05) is 295 Å². The Kier molecular flexibility index (Phi) is 52.7. The third-order valence-electron chi connectivity index (χ3n) is 16.2. The van der Waals surface area contributed by atoms with Gasteiger partial charge in [0.05, 0.1) is 25.4 Å². The summed E-state index contributed by atoms with van der Waals surface area (Å²) < 4.78 is 11.2. The number of unbranched alkanes of at least 4 members (excludes halogenated alkanes) is 42. The first kappa shape index (κ1) is 73.6. The lowest BCUT2D eigenvalue weighted by molar-refractivity contribution is -0.303. The van der Waals surface area contributed by atoms with Gasteiger partial charge in [0, 0.05) is 0 Å². The van der Waals surface area contributed by atoms with Crippen molar-refractivity contribution in [2.24, 2.45) is 0 Å². The quantitative estimate of drug-likeness (QED) is 0.0215. The number of carbonyl (C=O) groups is 1. The average molecular weight is 1090 g/mol. The summed E-state index contributed by atoms with van der Waals surface area (Å²) in [4.78, 5) is 13.2. The molecule has 0 saturated carbocycles. The second-order valence-electron chi connectivity index (χ2n) is 23.5. The van der Waals surface area contributed by atoms with Crippen molar-refractivity contribution in [1.29, 1.82) is 0 Å². The van der Waals surface area contributed by atoms with E-state index in [9.17, 15) is 40.5 Å². The molecule has 77 heavy (non-hydrogen) atoms. The van der Waals surface area contributed by atoms with Crippen LogP contribution in [0.2, 0.25) is 0 Å². The van der Waals surface area contributed by atoms with E-state index in [4.69, 9.17) is 9.47 Å². The van der Waals surface area contributed by atoms with Gasteiger partial charge in [0.1, 0.15) is 36.6 Å². The molecule has 11 heteroatoms. The molecule has 1 saturated heterocycles. The number of aliphatic hydroxyl groups is 7. The number of allylic oxidation sites excluding steroid dienone is 4. The summed E-state index contributed by atoms with van der Waals surface area (Å²) in [5.74, 6) is -0.704. The highest BCUT2D eigenvalue weighted by atomic mass is 16.7. The summed E-state index contributed by atoms with van der Waals surface area (Å²) in [6, 6.07) is -1.19. The highest BCUT2D eigenvalue weighted by Crippen LogP contribution is 2.24. The Morgan fingerprint density at radius 1 is 0.442 bits per heavy atom. The summed E-state index contributed by atoms with van der Waals surface area (Å²) in [6.07, 6.45) is 56.9. The molecule has 0 radical (unpaired) electrons. The molecule has 9 unspecified atom stereocenters. The third kappa shape index (κ3) is 43.0. The summed E-state index contributed by atoms with van der Waals surface area (Å²) in [7, 11) is 0. The van der Waals surface area contributed by atoms with Crippen molar-refractivity contribution in [1.82, 2.24) is 5.32 Å². The van der Waals surface area contributed by atoms with E-state index >= 15 is 0 Å². The molecule has 0 aromatic heterocycles. The number of nitrogens with one attached hydrogen (secondary N) is 1. The molecule has 1 amide bonds. The zero-order valence-electron chi connectivity index (χ0n) is 50.2. The van der Waals surface area contributed by atoms with Crippen molar-refractivity contribution in [3.8, 4) is 0 Å². The molecule has 0 aromatic rings. The summed E-state index contributed by atoms with van der Waals surface area (Å²) in [5, 5.41) is 76.3. The van der Waals surface area contributed by atoms with E-state index in [1.165, 1.54) is 238 Å². The fourth-order valence-electron chi connectivity index (χ4n) is 10.9. The van der Waals surface area contributed by atoms with Gasteiger partial charge < -0.3 is 50.5 Å². The molecule has 456 valence electrons. The van der Waals surface area contributed by atoms with E-state index in [1.807, 2.05) is 0 Å². The van der Waals surface area contributed by atoms with Crippen LogP contribution in [0.1, 0.15) is 322 Å². The van der Waals surface area contributed by atoms with Crippen molar-refractivity contribution >= 4 is 5.91 Å².